The standard InChI is InChI=1S/C68H118O6/c1-4-7-10-13-16-19-22-24-25-26-27-28-29-30-31-32-33-34-35-36-37-38-39-40-41-42-43-45-46-49-52-55-58-61-67(70)73-64-65(63-72-66(69)60-57-54-51-48-21-18-15-12-9-6-3)74-68(71)62-59-56-53-50-47-44-23-20-17-14-11-8-5-2/h7,10,16,19-20,23-25,27-28,30-31,33-34,65H,4-6,8-9,11-15,17-18,21-22,26,29,32,35-64H2,1-3H3/b10-7-,19-16-,23-20-,25-24-,28-27-,31-30-,34-33-. The first kappa shape index (κ1) is 70.6. The van der Waals surface area contributed by atoms with Crippen molar-refractivity contribution in [3.63, 3.8) is 0 Å². The highest BCUT2D eigenvalue weighted by Crippen LogP contribution is 2.16. The number of ether oxygens (including phenoxy) is 3. The van der Waals surface area contributed by atoms with Crippen molar-refractivity contribution in [3.8, 4) is 0 Å². The Kier molecular flexibility index (Phi) is 59.3. The van der Waals surface area contributed by atoms with Gasteiger partial charge in [-0.3, -0.25) is 14.4 Å². The second-order valence-electron chi connectivity index (χ2n) is 20.9. The molecule has 0 bridgehead atoms. The van der Waals surface area contributed by atoms with Crippen molar-refractivity contribution in [3.05, 3.63) is 85.1 Å². The predicted molar refractivity (Wildman–Crippen MR) is 321 cm³/mol. The van der Waals surface area contributed by atoms with Crippen molar-refractivity contribution >= 4 is 17.9 Å². The third-order valence-electron chi connectivity index (χ3n) is 13.6. The van der Waals surface area contributed by atoms with Crippen LogP contribution in [0.2, 0.25) is 0 Å². The van der Waals surface area contributed by atoms with Crippen molar-refractivity contribution in [2.24, 2.45) is 0 Å². The van der Waals surface area contributed by atoms with Gasteiger partial charge in [-0.25, -0.2) is 0 Å². The van der Waals surface area contributed by atoms with Crippen molar-refractivity contribution in [2.45, 2.75) is 316 Å². The molecule has 74 heavy (non-hydrogen) atoms. The Bertz CT molecular complexity index is 1420. The second kappa shape index (κ2) is 62.1. The fourth-order valence-corrected chi connectivity index (χ4v) is 8.91. The smallest absolute Gasteiger partial charge is 0.306 e. The molecule has 0 radical (unpaired) electrons. The van der Waals surface area contributed by atoms with Crippen LogP contribution in [0, 0.1) is 0 Å². The van der Waals surface area contributed by atoms with Gasteiger partial charge in [0.05, 0.1) is 0 Å². The first-order valence-electron chi connectivity index (χ1n) is 31.6. The van der Waals surface area contributed by atoms with E-state index in [-0.39, 0.29) is 31.1 Å². The van der Waals surface area contributed by atoms with Gasteiger partial charge >= 0.3 is 17.9 Å². The summed E-state index contributed by atoms with van der Waals surface area (Å²) in [6.07, 6.45) is 81.8. The van der Waals surface area contributed by atoms with Crippen LogP contribution in [0.25, 0.3) is 0 Å². The lowest BCUT2D eigenvalue weighted by atomic mass is 10.0. The van der Waals surface area contributed by atoms with Crippen molar-refractivity contribution in [1.82, 2.24) is 0 Å². The van der Waals surface area contributed by atoms with Gasteiger partial charge in [-0.05, 0) is 96.3 Å². The molecule has 6 heteroatoms. The molecule has 6 nitrogen and oxygen atoms in total. The molecule has 0 aromatic carbocycles. The van der Waals surface area contributed by atoms with Crippen LogP contribution in [0.15, 0.2) is 85.1 Å². The van der Waals surface area contributed by atoms with Crippen molar-refractivity contribution < 1.29 is 28.6 Å². The maximum absolute atomic E-state index is 12.8. The molecule has 0 saturated carbocycles. The van der Waals surface area contributed by atoms with Crippen LogP contribution < -0.4 is 0 Å². The lowest BCUT2D eigenvalue weighted by Gasteiger charge is -2.18. The average Bonchev–Trinajstić information content (AvgIpc) is 3.40. The minimum absolute atomic E-state index is 0.0753. The van der Waals surface area contributed by atoms with Crippen LogP contribution in [0.3, 0.4) is 0 Å². The molecule has 426 valence electrons. The Morgan fingerprint density at radius 1 is 0.284 bits per heavy atom. The summed E-state index contributed by atoms with van der Waals surface area (Å²) in [6, 6.07) is 0. The van der Waals surface area contributed by atoms with Gasteiger partial charge in [0.1, 0.15) is 13.2 Å². The van der Waals surface area contributed by atoms with Crippen LogP contribution in [-0.2, 0) is 28.6 Å². The molecule has 0 spiro atoms. The number of hydrogen-bond acceptors (Lipinski definition) is 6. The van der Waals surface area contributed by atoms with E-state index in [4.69, 9.17) is 14.2 Å². The molecule has 0 amide bonds. The van der Waals surface area contributed by atoms with E-state index in [1.807, 2.05) is 0 Å². The van der Waals surface area contributed by atoms with Gasteiger partial charge in [0.15, 0.2) is 6.10 Å². The molecule has 0 aliphatic rings. The number of hydrogen-bond donors (Lipinski definition) is 0. The van der Waals surface area contributed by atoms with Gasteiger partial charge in [0, 0.05) is 19.3 Å². The zero-order chi connectivity index (χ0) is 53.6. The zero-order valence-electron chi connectivity index (χ0n) is 48.8. The van der Waals surface area contributed by atoms with Crippen LogP contribution in [0.4, 0.5) is 0 Å². The molecule has 1 unspecified atom stereocenters. The Morgan fingerprint density at radius 2 is 0.527 bits per heavy atom. The summed E-state index contributed by atoms with van der Waals surface area (Å²) in [7, 11) is 0. The Balaban J connectivity index is 4.09. The molecule has 0 aromatic rings. The molecule has 0 fully saturated rings. The van der Waals surface area contributed by atoms with E-state index in [1.165, 1.54) is 161 Å². The maximum Gasteiger partial charge on any atom is 0.306 e. The summed E-state index contributed by atoms with van der Waals surface area (Å²) in [5.41, 5.74) is 0. The Labute approximate surface area is 458 Å². The average molecular weight is 1030 g/mol. The normalized spacial score (nSPS) is 12.6. The summed E-state index contributed by atoms with van der Waals surface area (Å²) in [6.45, 7) is 6.51. The van der Waals surface area contributed by atoms with Gasteiger partial charge in [-0.15, -0.1) is 0 Å². The lowest BCUT2D eigenvalue weighted by Crippen LogP contribution is -2.30. The van der Waals surface area contributed by atoms with E-state index in [9.17, 15) is 14.4 Å². The maximum atomic E-state index is 12.8. The fraction of sp³-hybridized carbons (Fsp3) is 0.750. The molecule has 0 rings (SSSR count). The monoisotopic (exact) mass is 1030 g/mol. The zero-order valence-corrected chi connectivity index (χ0v) is 48.8. The highest BCUT2D eigenvalue weighted by atomic mass is 16.6. The summed E-state index contributed by atoms with van der Waals surface area (Å²) >= 11 is 0. The molecule has 0 N–H and O–H groups in total. The Morgan fingerprint density at radius 3 is 0.851 bits per heavy atom. The topological polar surface area (TPSA) is 78.9 Å². The summed E-state index contributed by atoms with van der Waals surface area (Å²) in [5.74, 6) is -0.876. The third-order valence-corrected chi connectivity index (χ3v) is 13.6. The van der Waals surface area contributed by atoms with E-state index in [0.29, 0.717) is 19.3 Å². The summed E-state index contributed by atoms with van der Waals surface area (Å²) < 4.78 is 16.8. The largest absolute Gasteiger partial charge is 0.462 e. The number of rotatable bonds is 57. The molecule has 1 atom stereocenters. The van der Waals surface area contributed by atoms with Gasteiger partial charge in [0.2, 0.25) is 0 Å². The molecular formula is C68H118O6. The SMILES string of the molecule is CC/C=C\C/C=C\C/C=C\C/C=C\C/C=C\C/C=C\CCCCCCCCCCCCCCCCC(=O)OCC(COC(=O)CCCCCCCCCCCC)OC(=O)CCCCCCC/C=C\CCCCCC. The summed E-state index contributed by atoms with van der Waals surface area (Å²) in [5, 5.41) is 0. The van der Waals surface area contributed by atoms with E-state index >= 15 is 0 Å². The van der Waals surface area contributed by atoms with Crippen LogP contribution in [0.5, 0.6) is 0 Å². The minimum Gasteiger partial charge on any atom is -0.462 e. The van der Waals surface area contributed by atoms with Gasteiger partial charge in [-0.2, -0.15) is 0 Å². The quantitative estimate of drug-likeness (QED) is 0.0261. The van der Waals surface area contributed by atoms with E-state index in [0.717, 1.165) is 109 Å². The third kappa shape index (κ3) is 59.5. The first-order valence-corrected chi connectivity index (χ1v) is 31.6. The lowest BCUT2D eigenvalue weighted by molar-refractivity contribution is -0.167. The summed E-state index contributed by atoms with van der Waals surface area (Å²) in [4.78, 5) is 38.1. The highest BCUT2D eigenvalue weighted by Gasteiger charge is 2.19. The molecule has 0 aliphatic heterocycles. The second-order valence-corrected chi connectivity index (χ2v) is 20.9. The molecule has 0 aromatic heterocycles. The predicted octanol–water partition coefficient (Wildman–Crippen LogP) is 21.5. The van der Waals surface area contributed by atoms with E-state index in [2.05, 4.69) is 106 Å². The molecular weight excluding hydrogens is 913 g/mol. The van der Waals surface area contributed by atoms with Gasteiger partial charge < -0.3 is 14.2 Å². The van der Waals surface area contributed by atoms with Crippen LogP contribution in [0.1, 0.15) is 310 Å². The number of unbranched alkanes of at least 4 members (excludes halogenated alkanes) is 32. The number of carbonyl (C=O) groups excluding carboxylic acids is 3. The van der Waals surface area contributed by atoms with Gasteiger partial charge in [-0.1, -0.05) is 279 Å². The van der Waals surface area contributed by atoms with Crippen molar-refractivity contribution in [2.75, 3.05) is 13.2 Å². The molecule has 0 saturated heterocycles. The van der Waals surface area contributed by atoms with Crippen LogP contribution >= 0.6 is 0 Å². The molecule has 0 heterocycles. The number of carbonyl (C=O) groups is 3. The number of allylic oxidation sites excluding steroid dienone is 14. The fourth-order valence-electron chi connectivity index (χ4n) is 8.91. The minimum atomic E-state index is -0.776. The molecule has 0 aliphatic carbocycles. The van der Waals surface area contributed by atoms with E-state index in [1.54, 1.807) is 0 Å². The van der Waals surface area contributed by atoms with Crippen molar-refractivity contribution in [1.29, 1.82) is 0 Å². The van der Waals surface area contributed by atoms with Gasteiger partial charge in [0.25, 0.3) is 0 Å². The number of esters is 3. The highest BCUT2D eigenvalue weighted by molar-refractivity contribution is 5.71. The first-order chi connectivity index (χ1) is 36.5. The Hall–Kier alpha value is -3.41. The van der Waals surface area contributed by atoms with E-state index < -0.39 is 6.10 Å². The van der Waals surface area contributed by atoms with Crippen LogP contribution in [-0.4, -0.2) is 37.2 Å².